The van der Waals surface area contributed by atoms with Crippen LogP contribution in [0.5, 0.6) is 0 Å². The van der Waals surface area contributed by atoms with Gasteiger partial charge in [0.05, 0.1) is 6.10 Å². The number of benzene rings is 1. The van der Waals surface area contributed by atoms with Gasteiger partial charge in [-0.2, -0.15) is 0 Å². The minimum Gasteiger partial charge on any atom is -0.386 e. The molecule has 1 aromatic rings. The molecule has 15 heavy (non-hydrogen) atoms. The summed E-state index contributed by atoms with van der Waals surface area (Å²) >= 11 is 0. The van der Waals surface area contributed by atoms with E-state index in [0.717, 1.165) is 31.4 Å². The van der Waals surface area contributed by atoms with E-state index in [-0.39, 0.29) is 6.10 Å². The van der Waals surface area contributed by atoms with Crippen LogP contribution >= 0.6 is 0 Å². The fraction of sp³-hybridized carbons (Fsp3) is 0.538. The summed E-state index contributed by atoms with van der Waals surface area (Å²) in [4.78, 5) is 0. The van der Waals surface area contributed by atoms with Crippen LogP contribution in [0, 0.1) is 0 Å². The van der Waals surface area contributed by atoms with Gasteiger partial charge in [-0.3, -0.25) is 0 Å². The van der Waals surface area contributed by atoms with Gasteiger partial charge in [-0.05, 0) is 30.4 Å². The summed E-state index contributed by atoms with van der Waals surface area (Å²) in [6, 6.07) is 8.15. The maximum Gasteiger partial charge on any atom is 0.105 e. The molecule has 0 saturated carbocycles. The molecule has 2 unspecified atom stereocenters. The molecule has 82 valence electrons. The molecule has 1 N–H and O–H groups in total. The second-order valence-electron chi connectivity index (χ2n) is 4.09. The molecule has 0 spiro atoms. The van der Waals surface area contributed by atoms with Crippen molar-refractivity contribution in [1.29, 1.82) is 0 Å². The third-order valence-electron chi connectivity index (χ3n) is 3.02. The summed E-state index contributed by atoms with van der Waals surface area (Å²) < 4.78 is 5.49. The van der Waals surface area contributed by atoms with E-state index < -0.39 is 6.10 Å². The molecule has 0 bridgehead atoms. The second-order valence-corrected chi connectivity index (χ2v) is 4.09. The summed E-state index contributed by atoms with van der Waals surface area (Å²) in [5.41, 5.74) is 2.26. The summed E-state index contributed by atoms with van der Waals surface area (Å²) in [7, 11) is 0. The van der Waals surface area contributed by atoms with Crippen molar-refractivity contribution in [3.63, 3.8) is 0 Å². The topological polar surface area (TPSA) is 29.5 Å². The van der Waals surface area contributed by atoms with Crippen LogP contribution in [0.25, 0.3) is 0 Å². The van der Waals surface area contributed by atoms with E-state index >= 15 is 0 Å². The fourth-order valence-electron chi connectivity index (χ4n) is 2.06. The number of aryl methyl sites for hydroxylation is 1. The second kappa shape index (κ2) is 4.77. The maximum atomic E-state index is 10.1. The average molecular weight is 206 g/mol. The third kappa shape index (κ3) is 2.39. The number of hydrogen-bond donors (Lipinski definition) is 1. The molecule has 0 aromatic heterocycles. The molecular weight excluding hydrogens is 188 g/mol. The molecule has 0 amide bonds. The normalized spacial score (nSPS) is 22.9. The third-order valence-corrected chi connectivity index (χ3v) is 3.02. The van der Waals surface area contributed by atoms with Gasteiger partial charge in [0.1, 0.15) is 6.10 Å². The Kier molecular flexibility index (Phi) is 3.39. The number of aliphatic hydroxyl groups is 1. The number of rotatable bonds is 3. The standard InChI is InChI=1S/C13H18O2/c1-2-10-5-3-6-11(9-10)13(14)12-7-4-8-15-12/h3,5-6,9,12-14H,2,4,7-8H2,1H3. The van der Waals surface area contributed by atoms with Crippen molar-refractivity contribution < 1.29 is 9.84 Å². The van der Waals surface area contributed by atoms with Crippen molar-refractivity contribution in [3.05, 3.63) is 35.4 Å². The van der Waals surface area contributed by atoms with Crippen LogP contribution in [-0.2, 0) is 11.2 Å². The highest BCUT2D eigenvalue weighted by Gasteiger charge is 2.25. The van der Waals surface area contributed by atoms with Gasteiger partial charge in [-0.25, -0.2) is 0 Å². The van der Waals surface area contributed by atoms with Crippen LogP contribution in [0.1, 0.15) is 37.0 Å². The monoisotopic (exact) mass is 206 g/mol. The van der Waals surface area contributed by atoms with Crippen molar-refractivity contribution in [2.45, 2.75) is 38.4 Å². The predicted octanol–water partition coefficient (Wildman–Crippen LogP) is 2.46. The van der Waals surface area contributed by atoms with Crippen LogP contribution in [0.4, 0.5) is 0 Å². The van der Waals surface area contributed by atoms with Gasteiger partial charge in [0.25, 0.3) is 0 Å². The van der Waals surface area contributed by atoms with Crippen molar-refractivity contribution in [2.75, 3.05) is 6.61 Å². The largest absolute Gasteiger partial charge is 0.386 e. The van der Waals surface area contributed by atoms with Gasteiger partial charge in [-0.15, -0.1) is 0 Å². The SMILES string of the molecule is CCc1cccc(C(O)C2CCCO2)c1. The van der Waals surface area contributed by atoms with Gasteiger partial charge in [0.15, 0.2) is 0 Å². The molecule has 2 heteroatoms. The summed E-state index contributed by atoms with van der Waals surface area (Å²) in [6.07, 6.45) is 2.58. The molecule has 1 aliphatic rings. The Morgan fingerprint density at radius 2 is 2.40 bits per heavy atom. The Morgan fingerprint density at radius 1 is 1.53 bits per heavy atom. The lowest BCUT2D eigenvalue weighted by molar-refractivity contribution is -0.00261. The van der Waals surface area contributed by atoms with Crippen LogP contribution in [0.3, 0.4) is 0 Å². The minimum absolute atomic E-state index is 0.00268. The molecule has 1 saturated heterocycles. The van der Waals surface area contributed by atoms with E-state index in [0.29, 0.717) is 0 Å². The zero-order chi connectivity index (χ0) is 10.7. The van der Waals surface area contributed by atoms with E-state index in [4.69, 9.17) is 4.74 Å². The summed E-state index contributed by atoms with van der Waals surface area (Å²) in [6.45, 7) is 2.91. The van der Waals surface area contributed by atoms with Gasteiger partial charge in [-0.1, -0.05) is 31.2 Å². The first-order valence-electron chi connectivity index (χ1n) is 5.69. The molecule has 1 heterocycles. The highest BCUT2D eigenvalue weighted by atomic mass is 16.5. The lowest BCUT2D eigenvalue weighted by Crippen LogP contribution is -2.17. The zero-order valence-corrected chi connectivity index (χ0v) is 9.15. The minimum atomic E-state index is -0.459. The molecule has 1 fully saturated rings. The van der Waals surface area contributed by atoms with Crippen LogP contribution in [-0.4, -0.2) is 17.8 Å². The highest BCUT2D eigenvalue weighted by Crippen LogP contribution is 2.27. The van der Waals surface area contributed by atoms with Crippen LogP contribution < -0.4 is 0 Å². The number of aliphatic hydroxyl groups excluding tert-OH is 1. The van der Waals surface area contributed by atoms with Gasteiger partial charge in [0.2, 0.25) is 0 Å². The van der Waals surface area contributed by atoms with E-state index in [1.165, 1.54) is 5.56 Å². The molecular formula is C13H18O2. The van der Waals surface area contributed by atoms with Gasteiger partial charge < -0.3 is 9.84 Å². The highest BCUT2D eigenvalue weighted by molar-refractivity contribution is 5.25. The van der Waals surface area contributed by atoms with Crippen molar-refractivity contribution in [2.24, 2.45) is 0 Å². The Bertz CT molecular complexity index is 316. The van der Waals surface area contributed by atoms with Crippen molar-refractivity contribution in [3.8, 4) is 0 Å². The predicted molar refractivity (Wildman–Crippen MR) is 59.8 cm³/mol. The Hall–Kier alpha value is -0.860. The smallest absolute Gasteiger partial charge is 0.105 e. The van der Waals surface area contributed by atoms with Crippen LogP contribution in [0.2, 0.25) is 0 Å². The molecule has 2 atom stereocenters. The first-order valence-corrected chi connectivity index (χ1v) is 5.69. The van der Waals surface area contributed by atoms with E-state index in [9.17, 15) is 5.11 Å². The first-order chi connectivity index (χ1) is 7.31. The van der Waals surface area contributed by atoms with Crippen molar-refractivity contribution >= 4 is 0 Å². The molecule has 0 radical (unpaired) electrons. The molecule has 2 rings (SSSR count). The van der Waals surface area contributed by atoms with E-state index in [1.807, 2.05) is 12.1 Å². The molecule has 1 aromatic carbocycles. The van der Waals surface area contributed by atoms with Crippen molar-refractivity contribution in [1.82, 2.24) is 0 Å². The Morgan fingerprint density at radius 3 is 3.07 bits per heavy atom. The van der Waals surface area contributed by atoms with E-state index in [1.54, 1.807) is 0 Å². The van der Waals surface area contributed by atoms with Gasteiger partial charge >= 0.3 is 0 Å². The molecule has 0 aliphatic carbocycles. The lowest BCUT2D eigenvalue weighted by atomic mass is 10.00. The number of ether oxygens (including phenoxy) is 1. The Balaban J connectivity index is 2.13. The molecule has 2 nitrogen and oxygen atoms in total. The molecule has 1 aliphatic heterocycles. The van der Waals surface area contributed by atoms with Gasteiger partial charge in [0, 0.05) is 6.61 Å². The quantitative estimate of drug-likeness (QED) is 0.823. The fourth-order valence-corrected chi connectivity index (χ4v) is 2.06. The summed E-state index contributed by atoms with van der Waals surface area (Å²) in [5.74, 6) is 0. The zero-order valence-electron chi connectivity index (χ0n) is 9.15. The number of hydrogen-bond acceptors (Lipinski definition) is 2. The average Bonchev–Trinajstić information content (AvgIpc) is 2.81. The Labute approximate surface area is 90.9 Å². The summed E-state index contributed by atoms with van der Waals surface area (Å²) in [5, 5.41) is 10.1. The lowest BCUT2D eigenvalue weighted by Gasteiger charge is -2.18. The van der Waals surface area contributed by atoms with E-state index in [2.05, 4.69) is 19.1 Å². The maximum absolute atomic E-state index is 10.1. The first kappa shape index (κ1) is 10.7. The van der Waals surface area contributed by atoms with Crippen LogP contribution in [0.15, 0.2) is 24.3 Å².